The third-order valence-electron chi connectivity index (χ3n) is 2.88. The molecule has 0 fully saturated rings. The first-order chi connectivity index (χ1) is 10.2. The highest BCUT2D eigenvalue weighted by atomic mass is 16.5. The van der Waals surface area contributed by atoms with Crippen LogP contribution in [0.3, 0.4) is 0 Å². The zero-order valence-corrected chi connectivity index (χ0v) is 11.8. The third kappa shape index (κ3) is 4.47. The number of rotatable bonds is 5. The largest absolute Gasteiger partial charge is 0.488 e. The maximum Gasteiger partial charge on any atom is 0.269 e. The van der Waals surface area contributed by atoms with Crippen LogP contribution in [0.5, 0.6) is 5.75 Å². The molecule has 2 rings (SSSR count). The van der Waals surface area contributed by atoms with E-state index in [4.69, 9.17) is 9.94 Å². The van der Waals surface area contributed by atoms with E-state index in [9.17, 15) is 4.79 Å². The minimum atomic E-state index is -0.493. The molecule has 0 bridgehead atoms. The lowest BCUT2D eigenvalue weighted by Crippen LogP contribution is -2.19. The number of para-hydroxylation sites is 1. The quantitative estimate of drug-likeness (QED) is 0.521. The van der Waals surface area contributed by atoms with Gasteiger partial charge < -0.3 is 4.74 Å². The average Bonchev–Trinajstić information content (AvgIpc) is 2.52. The topological polar surface area (TPSA) is 49.8 Å². The fourth-order valence-electron chi connectivity index (χ4n) is 1.75. The van der Waals surface area contributed by atoms with E-state index in [1.165, 1.54) is 13.1 Å². The van der Waals surface area contributed by atoms with E-state index < -0.39 is 5.91 Å². The first kappa shape index (κ1) is 14.8. The van der Waals surface area contributed by atoms with Crippen LogP contribution in [0.1, 0.15) is 11.1 Å². The van der Waals surface area contributed by atoms with Crippen molar-refractivity contribution in [1.82, 2.24) is 5.06 Å². The molecule has 4 heteroatoms. The van der Waals surface area contributed by atoms with Crippen molar-refractivity contribution in [2.24, 2.45) is 0 Å². The molecule has 2 aromatic carbocycles. The Morgan fingerprint density at radius 1 is 1.14 bits per heavy atom. The number of carbonyl (C=O) groups excluding carboxylic acids is 1. The smallest absolute Gasteiger partial charge is 0.269 e. The summed E-state index contributed by atoms with van der Waals surface area (Å²) in [6, 6.07) is 17.3. The molecule has 2 aromatic rings. The minimum Gasteiger partial charge on any atom is -0.488 e. The highest BCUT2D eigenvalue weighted by Crippen LogP contribution is 2.20. The molecule has 0 aliphatic rings. The van der Waals surface area contributed by atoms with E-state index >= 15 is 0 Å². The molecule has 0 radical (unpaired) electrons. The standard InChI is InChI=1S/C17H17NO3/c1-18(20)17(19)12-11-15-9-5-6-10-16(15)21-13-14-7-3-2-4-8-14/h2-12,20H,13H2,1H3. The minimum absolute atomic E-state index is 0.458. The summed E-state index contributed by atoms with van der Waals surface area (Å²) in [4.78, 5) is 11.4. The van der Waals surface area contributed by atoms with E-state index in [1.54, 1.807) is 6.08 Å². The number of hydroxylamine groups is 2. The number of benzene rings is 2. The zero-order valence-electron chi connectivity index (χ0n) is 11.8. The molecule has 0 aliphatic heterocycles. The van der Waals surface area contributed by atoms with Crippen molar-refractivity contribution in [2.75, 3.05) is 7.05 Å². The van der Waals surface area contributed by atoms with E-state index in [0.29, 0.717) is 17.4 Å². The highest BCUT2D eigenvalue weighted by molar-refractivity contribution is 5.91. The fraction of sp³-hybridized carbons (Fsp3) is 0.118. The molecule has 4 nitrogen and oxygen atoms in total. The van der Waals surface area contributed by atoms with Gasteiger partial charge in [0.2, 0.25) is 0 Å². The lowest BCUT2D eigenvalue weighted by molar-refractivity contribution is -0.153. The first-order valence-electron chi connectivity index (χ1n) is 6.57. The van der Waals surface area contributed by atoms with Crippen molar-refractivity contribution in [3.05, 3.63) is 71.8 Å². The van der Waals surface area contributed by atoms with E-state index in [1.807, 2.05) is 54.6 Å². The number of likely N-dealkylation sites (N-methyl/N-ethyl adjacent to an activating group) is 1. The fourth-order valence-corrected chi connectivity index (χ4v) is 1.75. The van der Waals surface area contributed by atoms with Crippen LogP contribution in [0, 0.1) is 0 Å². The van der Waals surface area contributed by atoms with Crippen molar-refractivity contribution >= 4 is 12.0 Å². The van der Waals surface area contributed by atoms with Gasteiger partial charge in [0.05, 0.1) is 0 Å². The molecule has 21 heavy (non-hydrogen) atoms. The predicted octanol–water partition coefficient (Wildman–Crippen LogP) is 3.13. The number of ether oxygens (including phenoxy) is 1. The second-order valence-electron chi connectivity index (χ2n) is 4.51. The summed E-state index contributed by atoms with van der Waals surface area (Å²) >= 11 is 0. The van der Waals surface area contributed by atoms with Crippen LogP contribution in [0.2, 0.25) is 0 Å². The maximum absolute atomic E-state index is 11.4. The molecular weight excluding hydrogens is 266 g/mol. The van der Waals surface area contributed by atoms with E-state index in [2.05, 4.69) is 0 Å². The van der Waals surface area contributed by atoms with Crippen molar-refractivity contribution < 1.29 is 14.7 Å². The molecule has 108 valence electrons. The van der Waals surface area contributed by atoms with Crippen LogP contribution >= 0.6 is 0 Å². The van der Waals surface area contributed by atoms with Gasteiger partial charge in [0.25, 0.3) is 5.91 Å². The van der Waals surface area contributed by atoms with E-state index in [0.717, 1.165) is 11.1 Å². The van der Waals surface area contributed by atoms with Gasteiger partial charge in [-0.3, -0.25) is 10.0 Å². The molecule has 0 heterocycles. The summed E-state index contributed by atoms with van der Waals surface area (Å²) < 4.78 is 5.78. The second-order valence-corrected chi connectivity index (χ2v) is 4.51. The molecule has 0 saturated carbocycles. The summed E-state index contributed by atoms with van der Waals surface area (Å²) in [7, 11) is 1.28. The van der Waals surface area contributed by atoms with E-state index in [-0.39, 0.29) is 0 Å². The lowest BCUT2D eigenvalue weighted by atomic mass is 10.2. The monoisotopic (exact) mass is 283 g/mol. The zero-order chi connectivity index (χ0) is 15.1. The van der Waals surface area contributed by atoms with Gasteiger partial charge in [0.15, 0.2) is 0 Å². The Morgan fingerprint density at radius 2 is 1.81 bits per heavy atom. The molecule has 0 aromatic heterocycles. The molecule has 0 aliphatic carbocycles. The van der Waals surface area contributed by atoms with Gasteiger partial charge in [0.1, 0.15) is 12.4 Å². The predicted molar refractivity (Wildman–Crippen MR) is 80.8 cm³/mol. The molecular formula is C17H17NO3. The number of hydrogen-bond acceptors (Lipinski definition) is 3. The van der Waals surface area contributed by atoms with Crippen LogP contribution in [-0.2, 0) is 11.4 Å². The normalized spacial score (nSPS) is 10.6. The molecule has 0 spiro atoms. The van der Waals surface area contributed by atoms with Crippen LogP contribution in [-0.4, -0.2) is 23.2 Å². The first-order valence-corrected chi connectivity index (χ1v) is 6.57. The van der Waals surface area contributed by atoms with Crippen LogP contribution < -0.4 is 4.74 Å². The van der Waals surface area contributed by atoms with Crippen LogP contribution in [0.4, 0.5) is 0 Å². The van der Waals surface area contributed by atoms with Crippen molar-refractivity contribution in [2.45, 2.75) is 6.61 Å². The molecule has 0 unspecified atom stereocenters. The number of hydrogen-bond donors (Lipinski definition) is 1. The number of amides is 1. The number of nitrogens with zero attached hydrogens (tertiary/aromatic N) is 1. The Morgan fingerprint density at radius 3 is 2.52 bits per heavy atom. The van der Waals surface area contributed by atoms with Gasteiger partial charge in [-0.1, -0.05) is 48.5 Å². The van der Waals surface area contributed by atoms with Gasteiger partial charge in [0, 0.05) is 18.7 Å². The summed E-state index contributed by atoms with van der Waals surface area (Å²) in [5.41, 5.74) is 1.85. The average molecular weight is 283 g/mol. The third-order valence-corrected chi connectivity index (χ3v) is 2.88. The molecule has 0 atom stereocenters. The molecule has 1 amide bonds. The Labute approximate surface area is 123 Å². The van der Waals surface area contributed by atoms with Gasteiger partial charge in [-0.15, -0.1) is 0 Å². The Kier molecular flexibility index (Phi) is 5.12. The van der Waals surface area contributed by atoms with Gasteiger partial charge in [-0.2, -0.15) is 0 Å². The summed E-state index contributed by atoms with van der Waals surface area (Å²) in [5, 5.41) is 9.55. The lowest BCUT2D eigenvalue weighted by Gasteiger charge is -2.09. The van der Waals surface area contributed by atoms with Crippen molar-refractivity contribution in [3.63, 3.8) is 0 Å². The summed E-state index contributed by atoms with van der Waals surface area (Å²) in [5.74, 6) is 0.193. The number of carbonyl (C=O) groups is 1. The summed E-state index contributed by atoms with van der Waals surface area (Å²) in [6.45, 7) is 0.458. The van der Waals surface area contributed by atoms with Gasteiger partial charge in [-0.05, 0) is 17.7 Å². The summed E-state index contributed by atoms with van der Waals surface area (Å²) in [6.07, 6.45) is 2.92. The Bertz CT molecular complexity index is 621. The molecule has 1 N–H and O–H groups in total. The Balaban J connectivity index is 2.08. The maximum atomic E-state index is 11.4. The molecule has 0 saturated heterocycles. The van der Waals surface area contributed by atoms with Crippen LogP contribution in [0.15, 0.2) is 60.7 Å². The highest BCUT2D eigenvalue weighted by Gasteiger charge is 2.03. The van der Waals surface area contributed by atoms with Gasteiger partial charge >= 0.3 is 0 Å². The second kappa shape index (κ2) is 7.26. The van der Waals surface area contributed by atoms with Gasteiger partial charge in [-0.25, -0.2) is 5.06 Å². The van der Waals surface area contributed by atoms with Crippen molar-refractivity contribution in [1.29, 1.82) is 0 Å². The van der Waals surface area contributed by atoms with Crippen molar-refractivity contribution in [3.8, 4) is 5.75 Å². The van der Waals surface area contributed by atoms with Crippen LogP contribution in [0.25, 0.3) is 6.08 Å². The Hall–Kier alpha value is -2.59. The SMILES string of the molecule is CN(O)C(=O)C=Cc1ccccc1OCc1ccccc1.